The molecule has 1 heterocycles. The van der Waals surface area contributed by atoms with Crippen LogP contribution in [0.4, 0.5) is 4.39 Å². The Balaban J connectivity index is 2.20. The zero-order chi connectivity index (χ0) is 14.7. The third kappa shape index (κ3) is 3.35. The third-order valence-electron chi connectivity index (χ3n) is 3.01. The molecule has 2 N–H and O–H groups in total. The second-order valence-electron chi connectivity index (χ2n) is 5.20. The van der Waals surface area contributed by atoms with Crippen molar-refractivity contribution in [2.24, 2.45) is 11.7 Å². The fourth-order valence-corrected chi connectivity index (χ4v) is 2.41. The van der Waals surface area contributed by atoms with Gasteiger partial charge in [0.15, 0.2) is 0 Å². The molecule has 1 aromatic carbocycles. The van der Waals surface area contributed by atoms with Gasteiger partial charge in [0.2, 0.25) is 0 Å². The van der Waals surface area contributed by atoms with E-state index in [2.05, 4.69) is 23.9 Å². The first-order valence-electron chi connectivity index (χ1n) is 6.55. The fourth-order valence-electron chi connectivity index (χ4n) is 2.11. The van der Waals surface area contributed by atoms with Crippen LogP contribution in [0.25, 0.3) is 0 Å². The number of halogens is 2. The SMILES string of the molecule is CC(C)Cn1ncnc1CC(N)c1c(F)cccc1Cl. The average molecular weight is 297 g/mol. The molecule has 6 heteroatoms. The first-order chi connectivity index (χ1) is 9.49. The van der Waals surface area contributed by atoms with E-state index in [4.69, 9.17) is 17.3 Å². The van der Waals surface area contributed by atoms with Crippen LogP contribution in [0.1, 0.15) is 31.3 Å². The third-order valence-corrected chi connectivity index (χ3v) is 3.34. The van der Waals surface area contributed by atoms with E-state index >= 15 is 0 Å². The monoisotopic (exact) mass is 296 g/mol. The van der Waals surface area contributed by atoms with E-state index in [1.54, 1.807) is 16.8 Å². The van der Waals surface area contributed by atoms with Crippen molar-refractivity contribution in [3.05, 3.63) is 46.8 Å². The molecule has 2 aromatic rings. The predicted molar refractivity (Wildman–Crippen MR) is 76.9 cm³/mol. The number of benzene rings is 1. The zero-order valence-corrected chi connectivity index (χ0v) is 12.3. The second kappa shape index (κ2) is 6.33. The van der Waals surface area contributed by atoms with E-state index in [-0.39, 0.29) is 5.82 Å². The number of hydrogen-bond donors (Lipinski definition) is 1. The summed E-state index contributed by atoms with van der Waals surface area (Å²) in [5.41, 5.74) is 6.41. The molecule has 0 aliphatic heterocycles. The van der Waals surface area contributed by atoms with Gasteiger partial charge in [0.1, 0.15) is 18.0 Å². The van der Waals surface area contributed by atoms with Gasteiger partial charge < -0.3 is 5.73 Å². The van der Waals surface area contributed by atoms with Crippen molar-refractivity contribution in [3.63, 3.8) is 0 Å². The van der Waals surface area contributed by atoms with Crippen molar-refractivity contribution in [2.45, 2.75) is 32.9 Å². The van der Waals surface area contributed by atoms with Crippen LogP contribution in [0, 0.1) is 11.7 Å². The molecule has 1 atom stereocenters. The summed E-state index contributed by atoms with van der Waals surface area (Å²) in [5.74, 6) is 0.800. The van der Waals surface area contributed by atoms with E-state index in [1.807, 2.05) is 0 Å². The van der Waals surface area contributed by atoms with E-state index in [9.17, 15) is 4.39 Å². The summed E-state index contributed by atoms with van der Waals surface area (Å²) in [6, 6.07) is 4.02. The summed E-state index contributed by atoms with van der Waals surface area (Å²) < 4.78 is 15.6. The molecule has 20 heavy (non-hydrogen) atoms. The molecule has 0 saturated heterocycles. The maximum absolute atomic E-state index is 13.8. The van der Waals surface area contributed by atoms with Crippen molar-refractivity contribution in [1.29, 1.82) is 0 Å². The van der Waals surface area contributed by atoms with Gasteiger partial charge in [-0.05, 0) is 18.1 Å². The lowest BCUT2D eigenvalue weighted by Gasteiger charge is -2.15. The summed E-state index contributed by atoms with van der Waals surface area (Å²) in [7, 11) is 0. The molecule has 0 radical (unpaired) electrons. The molecular weight excluding hydrogens is 279 g/mol. The smallest absolute Gasteiger partial charge is 0.138 e. The minimum atomic E-state index is -0.543. The Kier molecular flexibility index (Phi) is 4.73. The maximum Gasteiger partial charge on any atom is 0.138 e. The van der Waals surface area contributed by atoms with Crippen LogP contribution in [0.15, 0.2) is 24.5 Å². The zero-order valence-electron chi connectivity index (χ0n) is 11.6. The Labute approximate surface area is 122 Å². The number of aromatic nitrogens is 3. The number of nitrogens with two attached hydrogens (primary N) is 1. The Morgan fingerprint density at radius 2 is 2.15 bits per heavy atom. The van der Waals surface area contributed by atoms with Crippen LogP contribution in [0.5, 0.6) is 0 Å². The highest BCUT2D eigenvalue weighted by Crippen LogP contribution is 2.26. The van der Waals surface area contributed by atoms with Crippen molar-refractivity contribution >= 4 is 11.6 Å². The maximum atomic E-state index is 13.8. The minimum absolute atomic E-state index is 0.327. The molecule has 0 aliphatic carbocycles. The van der Waals surface area contributed by atoms with Crippen LogP contribution in [-0.2, 0) is 13.0 Å². The van der Waals surface area contributed by atoms with Gasteiger partial charge in [-0.25, -0.2) is 14.1 Å². The number of nitrogens with zero attached hydrogens (tertiary/aromatic N) is 3. The standard InChI is InChI=1S/C14H18ClFN4/c1-9(2)7-20-13(18-8-19-20)6-12(17)14-10(15)4-3-5-11(14)16/h3-5,8-9,12H,6-7,17H2,1-2H3. The highest BCUT2D eigenvalue weighted by molar-refractivity contribution is 6.31. The first kappa shape index (κ1) is 14.9. The van der Waals surface area contributed by atoms with Crippen molar-refractivity contribution in [2.75, 3.05) is 0 Å². The minimum Gasteiger partial charge on any atom is -0.323 e. The molecule has 1 unspecified atom stereocenters. The van der Waals surface area contributed by atoms with Crippen LogP contribution in [-0.4, -0.2) is 14.8 Å². The van der Waals surface area contributed by atoms with E-state index in [1.165, 1.54) is 12.4 Å². The van der Waals surface area contributed by atoms with Gasteiger partial charge in [-0.3, -0.25) is 0 Å². The van der Waals surface area contributed by atoms with Crippen molar-refractivity contribution in [3.8, 4) is 0 Å². The lowest BCUT2D eigenvalue weighted by atomic mass is 10.0. The van der Waals surface area contributed by atoms with E-state index in [0.717, 1.165) is 12.4 Å². The predicted octanol–water partition coefficient (Wildman–Crippen LogP) is 2.97. The highest BCUT2D eigenvalue weighted by Gasteiger charge is 2.18. The molecule has 4 nitrogen and oxygen atoms in total. The van der Waals surface area contributed by atoms with Crippen molar-refractivity contribution in [1.82, 2.24) is 14.8 Å². The average Bonchev–Trinajstić information content (AvgIpc) is 2.75. The second-order valence-corrected chi connectivity index (χ2v) is 5.61. The summed E-state index contributed by atoms with van der Waals surface area (Å²) >= 11 is 6.03. The van der Waals surface area contributed by atoms with Gasteiger partial charge in [0, 0.05) is 29.6 Å². The molecule has 0 aliphatic rings. The summed E-state index contributed by atoms with van der Waals surface area (Å²) in [6.45, 7) is 4.95. The van der Waals surface area contributed by atoms with Gasteiger partial charge in [-0.15, -0.1) is 0 Å². The van der Waals surface area contributed by atoms with Crippen LogP contribution in [0.3, 0.4) is 0 Å². The fraction of sp³-hybridized carbons (Fsp3) is 0.429. The Hall–Kier alpha value is -1.46. The molecule has 0 saturated carbocycles. The molecule has 0 bridgehead atoms. The van der Waals surface area contributed by atoms with Gasteiger partial charge in [0.25, 0.3) is 0 Å². The van der Waals surface area contributed by atoms with Crippen LogP contribution < -0.4 is 5.73 Å². The summed E-state index contributed by atoms with van der Waals surface area (Å²) in [5, 5.41) is 4.51. The topological polar surface area (TPSA) is 56.7 Å². The molecule has 1 aromatic heterocycles. The lowest BCUT2D eigenvalue weighted by Crippen LogP contribution is -2.19. The Morgan fingerprint density at radius 1 is 1.40 bits per heavy atom. The number of hydrogen-bond acceptors (Lipinski definition) is 3. The summed E-state index contributed by atoms with van der Waals surface area (Å²) in [4.78, 5) is 4.20. The molecule has 0 amide bonds. The molecule has 2 rings (SSSR count). The van der Waals surface area contributed by atoms with Crippen LogP contribution in [0.2, 0.25) is 5.02 Å². The molecular formula is C14H18ClFN4. The van der Waals surface area contributed by atoms with E-state index < -0.39 is 6.04 Å². The Morgan fingerprint density at radius 3 is 2.80 bits per heavy atom. The largest absolute Gasteiger partial charge is 0.323 e. The quantitative estimate of drug-likeness (QED) is 0.923. The summed E-state index contributed by atoms with van der Waals surface area (Å²) in [6.07, 6.45) is 1.89. The van der Waals surface area contributed by atoms with Gasteiger partial charge in [-0.1, -0.05) is 31.5 Å². The lowest BCUT2D eigenvalue weighted by molar-refractivity contribution is 0.457. The number of rotatable bonds is 5. The molecule has 108 valence electrons. The normalized spacial score (nSPS) is 12.9. The van der Waals surface area contributed by atoms with Crippen LogP contribution >= 0.6 is 11.6 Å². The van der Waals surface area contributed by atoms with Gasteiger partial charge >= 0.3 is 0 Å². The van der Waals surface area contributed by atoms with E-state index in [0.29, 0.717) is 22.9 Å². The van der Waals surface area contributed by atoms with Gasteiger partial charge in [-0.2, -0.15) is 5.10 Å². The van der Waals surface area contributed by atoms with Gasteiger partial charge in [0.05, 0.1) is 0 Å². The first-order valence-corrected chi connectivity index (χ1v) is 6.93. The highest BCUT2D eigenvalue weighted by atomic mass is 35.5. The molecule has 0 spiro atoms. The van der Waals surface area contributed by atoms with Crippen molar-refractivity contribution < 1.29 is 4.39 Å². The Bertz CT molecular complexity index is 562. The molecule has 0 fully saturated rings.